The summed E-state index contributed by atoms with van der Waals surface area (Å²) < 4.78 is 41.3. The van der Waals surface area contributed by atoms with Gasteiger partial charge in [-0.3, -0.25) is 19.0 Å². The summed E-state index contributed by atoms with van der Waals surface area (Å²) in [4.78, 5) is 42.8. The molecule has 1 unspecified atom stereocenters. The van der Waals surface area contributed by atoms with E-state index in [1.807, 2.05) is 25.1 Å². The van der Waals surface area contributed by atoms with Gasteiger partial charge in [-0.15, -0.1) is 9.46 Å². The number of nitrogens with zero attached hydrogens (tertiary/aromatic N) is 4. The van der Waals surface area contributed by atoms with E-state index in [4.69, 9.17) is 25.8 Å². The molecule has 2 amide bonds. The van der Waals surface area contributed by atoms with Crippen LogP contribution < -0.4 is 19.1 Å². The summed E-state index contributed by atoms with van der Waals surface area (Å²) in [5, 5.41) is 4.87. The van der Waals surface area contributed by atoms with E-state index < -0.39 is 27.6 Å². The molecule has 1 spiro atoms. The number of Topliss-reactive ketones (excluding diaryl/α,β-unsaturated/α-hetero) is 1. The first-order valence-corrected chi connectivity index (χ1v) is 21.1. The summed E-state index contributed by atoms with van der Waals surface area (Å²) in [6.45, 7) is 5.22. The van der Waals surface area contributed by atoms with Crippen LogP contribution in [0.4, 0.5) is 5.69 Å². The molecule has 3 heterocycles. The van der Waals surface area contributed by atoms with Crippen molar-refractivity contribution in [3.8, 4) is 11.6 Å². The molecule has 1 fully saturated rings. The normalized spacial score (nSPS) is 29.7. The second-order valence-corrected chi connectivity index (χ2v) is 18.2. The van der Waals surface area contributed by atoms with Crippen molar-refractivity contribution in [1.82, 2.24) is 14.5 Å². The third-order valence-electron chi connectivity index (χ3n) is 11.9. The van der Waals surface area contributed by atoms with Crippen molar-refractivity contribution >= 4 is 44.8 Å². The van der Waals surface area contributed by atoms with Gasteiger partial charge in [-0.25, -0.2) is 4.21 Å². The quantitative estimate of drug-likeness (QED) is 0.283. The number of aromatic nitrogens is 2. The number of halogens is 1. The number of aryl methyl sites for hydroxylation is 2. The minimum atomic E-state index is -3.77. The molecule has 2 aliphatic carbocycles. The van der Waals surface area contributed by atoms with Gasteiger partial charge in [0.15, 0.2) is 0 Å². The second-order valence-electron chi connectivity index (χ2n) is 15.8. The molecule has 2 aliphatic heterocycles. The van der Waals surface area contributed by atoms with Crippen molar-refractivity contribution < 1.29 is 32.8 Å². The number of hydrogen-bond donors (Lipinski definition) is 1. The van der Waals surface area contributed by atoms with Crippen LogP contribution in [0.5, 0.6) is 11.6 Å². The maximum absolute atomic E-state index is 14.9. The fourth-order valence-corrected chi connectivity index (χ4v) is 11.1. The Hall–Kier alpha value is -4.20. The Morgan fingerprint density at radius 1 is 1.15 bits per heavy atom. The number of ether oxygens (including phenoxy) is 3. The van der Waals surface area contributed by atoms with Gasteiger partial charge >= 0.3 is 0 Å². The summed E-state index contributed by atoms with van der Waals surface area (Å²) in [6.07, 6.45) is 10.3. The van der Waals surface area contributed by atoms with Gasteiger partial charge in [0.2, 0.25) is 5.88 Å². The van der Waals surface area contributed by atoms with Crippen molar-refractivity contribution in [2.24, 2.45) is 35.1 Å². The molecule has 14 heteroatoms. The molecule has 0 saturated heterocycles. The maximum atomic E-state index is 14.9. The number of anilines is 1. The Morgan fingerprint density at radius 3 is 2.69 bits per heavy atom. The summed E-state index contributed by atoms with van der Waals surface area (Å²) in [7, 11) is 0.958. The number of rotatable bonds is 6. The molecule has 3 aromatic rings. The van der Waals surface area contributed by atoms with E-state index in [9.17, 15) is 18.6 Å². The lowest BCUT2D eigenvalue weighted by atomic mass is 9.68. The van der Waals surface area contributed by atoms with E-state index in [1.54, 1.807) is 32.4 Å². The molecule has 12 nitrogen and oxygen atoms in total. The van der Waals surface area contributed by atoms with Crippen LogP contribution in [-0.4, -0.2) is 77.4 Å². The zero-order chi connectivity index (χ0) is 39.1. The van der Waals surface area contributed by atoms with Gasteiger partial charge in [-0.2, -0.15) is 0 Å². The van der Waals surface area contributed by atoms with Crippen LogP contribution in [0, 0.1) is 23.7 Å². The minimum absolute atomic E-state index is 0.0356. The number of amides is 2. The molecule has 2 bridgehead atoms. The standard InChI is InChI=1S/C41H50ClN5O7S/c1-25-22-55(51,45-39(50)33-21-46(3)43-40(33)53-5)44-38(49)29-10-15-37-35(19-29)47(20-30-8-12-32(30)36(52-4)14-9-27(25)17-26(2)48)23-41(24-54-37)16-6-7-28-18-31(42)11-13-34(28)41/h9-11,13-15,18-19,21,25,27,30,32,36H,6-8,12,16-17,20,22-24H2,1-5H3,(H,44,45,49,50,51)/b14-9+/t25-,27-,30+,32-,36+,41+,55?/m1/s1. The average molecular weight is 792 g/mol. The van der Waals surface area contributed by atoms with Crippen LogP contribution in [0.15, 0.2) is 59.1 Å². The molecule has 1 aromatic heterocycles. The number of fused-ring (bicyclic) bond motifs is 4. The maximum Gasteiger partial charge on any atom is 0.286 e. The van der Waals surface area contributed by atoms with Crippen LogP contribution in [-0.2, 0) is 38.3 Å². The van der Waals surface area contributed by atoms with Gasteiger partial charge in [0.25, 0.3) is 11.8 Å². The smallest absolute Gasteiger partial charge is 0.286 e. The lowest BCUT2D eigenvalue weighted by Gasteiger charge is -2.46. The van der Waals surface area contributed by atoms with Crippen LogP contribution in [0.2, 0.25) is 5.02 Å². The molecule has 2 aromatic carbocycles. The number of carbonyl (C=O) groups excluding carboxylic acids is 3. The van der Waals surface area contributed by atoms with E-state index in [2.05, 4.69) is 31.2 Å². The Balaban J connectivity index is 1.34. The van der Waals surface area contributed by atoms with Crippen LogP contribution in [0.1, 0.15) is 77.8 Å². The highest BCUT2D eigenvalue weighted by Gasteiger charge is 2.44. The molecule has 0 radical (unpaired) electrons. The number of methoxy groups -OCH3 is 2. The van der Waals surface area contributed by atoms with E-state index in [0.717, 1.165) is 37.8 Å². The molecule has 55 heavy (non-hydrogen) atoms. The highest BCUT2D eigenvalue weighted by molar-refractivity contribution is 7.92. The molecule has 4 aliphatic rings. The fraction of sp³-hybridized carbons (Fsp3) is 0.512. The summed E-state index contributed by atoms with van der Waals surface area (Å²) in [5.41, 5.74) is 3.20. The second kappa shape index (κ2) is 15.7. The molecule has 294 valence electrons. The van der Waals surface area contributed by atoms with Crippen molar-refractivity contribution in [1.29, 1.82) is 0 Å². The van der Waals surface area contributed by atoms with E-state index >= 15 is 0 Å². The van der Waals surface area contributed by atoms with Crippen molar-refractivity contribution in [3.05, 3.63) is 82.0 Å². The van der Waals surface area contributed by atoms with Gasteiger partial charge in [0.05, 0.1) is 31.3 Å². The number of nitrogens with one attached hydrogen (secondary N) is 1. The topological polar surface area (TPSA) is 141 Å². The first-order chi connectivity index (χ1) is 26.3. The predicted molar refractivity (Wildman–Crippen MR) is 211 cm³/mol. The van der Waals surface area contributed by atoms with Crippen molar-refractivity contribution in [2.45, 2.75) is 63.9 Å². The van der Waals surface area contributed by atoms with E-state index in [1.165, 1.54) is 36.0 Å². The largest absolute Gasteiger partial charge is 0.490 e. The van der Waals surface area contributed by atoms with Crippen molar-refractivity contribution in [3.63, 3.8) is 0 Å². The van der Waals surface area contributed by atoms with E-state index in [0.29, 0.717) is 36.4 Å². The lowest BCUT2D eigenvalue weighted by Crippen LogP contribution is -2.49. The number of hydrogen-bond acceptors (Lipinski definition) is 9. The summed E-state index contributed by atoms with van der Waals surface area (Å²) >= 11 is 6.47. The Morgan fingerprint density at radius 2 is 1.96 bits per heavy atom. The Labute approximate surface area is 328 Å². The molecule has 7 rings (SSSR count). The van der Waals surface area contributed by atoms with Crippen molar-refractivity contribution in [2.75, 3.05) is 44.6 Å². The number of benzene rings is 2. The SMILES string of the molecule is COc1nn(C)cc1C(=O)NS1(=O)=NC(=O)c2ccc3c(c2)N(C[C@@H]2CC[C@H]2[C@@H](OC)/C=C/[C@H](CC(C)=O)[C@H](C)C1)C[C@@]1(CCCc2cc(Cl)ccc21)CO3. The first kappa shape index (κ1) is 39.1. The predicted octanol–water partition coefficient (Wildman–Crippen LogP) is 6.35. The van der Waals surface area contributed by atoms with Gasteiger partial charge in [-0.1, -0.05) is 36.7 Å². The van der Waals surface area contributed by atoms with Gasteiger partial charge in [0.1, 0.15) is 27.0 Å². The first-order valence-electron chi connectivity index (χ1n) is 19.0. The van der Waals surface area contributed by atoms with Gasteiger partial charge in [0, 0.05) is 55.9 Å². The molecular formula is C41H50ClN5O7S. The molecule has 1 N–H and O–H groups in total. The van der Waals surface area contributed by atoms with Crippen LogP contribution in [0.3, 0.4) is 0 Å². The minimum Gasteiger partial charge on any atom is -0.490 e. The zero-order valence-electron chi connectivity index (χ0n) is 32.1. The van der Waals surface area contributed by atoms with Gasteiger partial charge < -0.3 is 23.9 Å². The van der Waals surface area contributed by atoms with E-state index in [-0.39, 0.29) is 58.3 Å². The fourth-order valence-electron chi connectivity index (χ4n) is 8.97. The molecule has 7 atom stereocenters. The van der Waals surface area contributed by atoms with Crippen LogP contribution >= 0.6 is 11.6 Å². The summed E-state index contributed by atoms with van der Waals surface area (Å²) in [5.74, 6) is -1.27. The zero-order valence-corrected chi connectivity index (χ0v) is 33.7. The Kier molecular flexibility index (Phi) is 11.2. The third-order valence-corrected chi connectivity index (χ3v) is 14.1. The lowest BCUT2D eigenvalue weighted by molar-refractivity contribution is -0.117. The highest BCUT2D eigenvalue weighted by atomic mass is 35.5. The highest BCUT2D eigenvalue weighted by Crippen LogP contribution is 2.47. The molecular weight excluding hydrogens is 742 g/mol. The number of carbonyl (C=O) groups is 3. The third kappa shape index (κ3) is 8.06. The monoisotopic (exact) mass is 791 g/mol. The van der Waals surface area contributed by atoms with Gasteiger partial charge in [-0.05, 0) is 104 Å². The average Bonchev–Trinajstić information content (AvgIpc) is 3.45. The van der Waals surface area contributed by atoms with Crippen LogP contribution in [0.25, 0.3) is 0 Å². The number of allylic oxidation sites excluding steroid dienone is 1. The Bertz CT molecular complexity index is 2140. The molecule has 1 saturated carbocycles. The number of ketones is 1. The summed E-state index contributed by atoms with van der Waals surface area (Å²) in [6, 6.07) is 11.4.